The molecule has 1 aliphatic rings. The smallest absolute Gasteiger partial charge is 0.336 e. The van der Waals surface area contributed by atoms with Gasteiger partial charge in [0.25, 0.3) is 0 Å². The van der Waals surface area contributed by atoms with Crippen LogP contribution < -0.4 is 0 Å². The molecule has 3 nitrogen and oxygen atoms in total. The highest BCUT2D eigenvalue weighted by Gasteiger charge is 2.42. The van der Waals surface area contributed by atoms with E-state index in [1.54, 1.807) is 13.8 Å². The van der Waals surface area contributed by atoms with E-state index in [1.165, 1.54) is 0 Å². The number of aliphatic hydroxyl groups is 1. The van der Waals surface area contributed by atoms with Gasteiger partial charge in [0.2, 0.25) is 0 Å². The second-order valence-corrected chi connectivity index (χ2v) is 3.15. The van der Waals surface area contributed by atoms with Crippen LogP contribution in [0.5, 0.6) is 0 Å². The topological polar surface area (TPSA) is 46.5 Å². The molecule has 11 heavy (non-hydrogen) atoms. The number of hydrogen-bond donors (Lipinski definition) is 1. The summed E-state index contributed by atoms with van der Waals surface area (Å²) in [7, 11) is 0. The first-order chi connectivity index (χ1) is 4.96. The number of carbonyl (C=O) groups excluding carboxylic acids is 1. The molecule has 0 saturated carbocycles. The summed E-state index contributed by atoms with van der Waals surface area (Å²) < 4.78 is 4.93. The number of hydrogen-bond acceptors (Lipinski definition) is 3. The molecule has 0 spiro atoms. The van der Waals surface area contributed by atoms with Crippen LogP contribution >= 0.6 is 0 Å². The van der Waals surface area contributed by atoms with Crippen LogP contribution in [0.25, 0.3) is 0 Å². The van der Waals surface area contributed by atoms with E-state index in [4.69, 9.17) is 9.84 Å². The first kappa shape index (κ1) is 8.27. The first-order valence-electron chi connectivity index (χ1n) is 3.52. The van der Waals surface area contributed by atoms with Gasteiger partial charge in [-0.1, -0.05) is 6.58 Å². The first-order valence-corrected chi connectivity index (χ1v) is 3.52. The molecule has 1 heterocycles. The van der Waals surface area contributed by atoms with Gasteiger partial charge < -0.3 is 9.84 Å². The summed E-state index contributed by atoms with van der Waals surface area (Å²) in [5, 5.41) is 9.07. The molecule has 1 aliphatic heterocycles. The lowest BCUT2D eigenvalue weighted by molar-refractivity contribution is -0.150. The maximum Gasteiger partial charge on any atom is 0.336 e. The lowest BCUT2D eigenvalue weighted by atomic mass is 9.94. The van der Waals surface area contributed by atoms with Gasteiger partial charge in [0, 0.05) is 6.42 Å². The Bertz CT molecular complexity index is 207. The Balaban J connectivity index is 2.79. The maximum atomic E-state index is 10.8. The Morgan fingerprint density at radius 3 is 2.64 bits per heavy atom. The second kappa shape index (κ2) is 2.34. The number of aliphatic hydroxyl groups excluding tert-OH is 1. The fourth-order valence-corrected chi connectivity index (χ4v) is 1.05. The number of esters is 1. The van der Waals surface area contributed by atoms with Crippen LogP contribution in [0.15, 0.2) is 12.2 Å². The summed E-state index contributed by atoms with van der Waals surface area (Å²) in [6, 6.07) is 0. The normalized spacial score (nSPS) is 37.0. The Morgan fingerprint density at radius 2 is 2.45 bits per heavy atom. The van der Waals surface area contributed by atoms with Crippen molar-refractivity contribution in [2.24, 2.45) is 0 Å². The molecule has 3 heteroatoms. The highest BCUT2D eigenvalue weighted by atomic mass is 16.6. The number of cyclic esters (lactones) is 1. The fourth-order valence-electron chi connectivity index (χ4n) is 1.05. The van der Waals surface area contributed by atoms with Gasteiger partial charge in [0.1, 0.15) is 5.60 Å². The molecule has 1 fully saturated rings. The lowest BCUT2D eigenvalue weighted by Gasteiger charge is -2.21. The monoisotopic (exact) mass is 156 g/mol. The summed E-state index contributed by atoms with van der Waals surface area (Å²) in [6.45, 7) is 7.23. The third-order valence-electron chi connectivity index (χ3n) is 2.08. The van der Waals surface area contributed by atoms with Crippen molar-refractivity contribution in [1.29, 1.82) is 0 Å². The van der Waals surface area contributed by atoms with Crippen molar-refractivity contribution in [3.05, 3.63) is 12.2 Å². The summed E-state index contributed by atoms with van der Waals surface area (Å²) in [6.07, 6.45) is -0.655. The van der Waals surface area contributed by atoms with Gasteiger partial charge in [0.05, 0.1) is 0 Å². The van der Waals surface area contributed by atoms with Crippen molar-refractivity contribution in [3.8, 4) is 0 Å². The molecule has 2 atom stereocenters. The van der Waals surface area contributed by atoms with Crippen LogP contribution in [-0.4, -0.2) is 22.8 Å². The summed E-state index contributed by atoms with van der Waals surface area (Å²) in [4.78, 5) is 10.8. The van der Waals surface area contributed by atoms with Gasteiger partial charge in [-0.3, -0.25) is 0 Å². The average Bonchev–Trinajstić information content (AvgIpc) is 2.09. The van der Waals surface area contributed by atoms with Gasteiger partial charge in [-0.25, -0.2) is 4.79 Å². The number of carbonyl (C=O) groups is 1. The van der Waals surface area contributed by atoms with Gasteiger partial charge in [0.15, 0.2) is 6.10 Å². The van der Waals surface area contributed by atoms with Crippen molar-refractivity contribution in [2.75, 3.05) is 0 Å². The van der Waals surface area contributed by atoms with Crippen molar-refractivity contribution >= 4 is 5.97 Å². The van der Waals surface area contributed by atoms with Crippen molar-refractivity contribution < 1.29 is 14.6 Å². The minimum Gasteiger partial charge on any atom is -0.453 e. The summed E-state index contributed by atoms with van der Waals surface area (Å²) in [5.41, 5.74) is 0.110. The predicted molar refractivity (Wildman–Crippen MR) is 39.9 cm³/mol. The molecule has 0 aromatic rings. The lowest BCUT2D eigenvalue weighted by Crippen LogP contribution is -2.24. The van der Waals surface area contributed by atoms with Gasteiger partial charge in [-0.15, -0.1) is 0 Å². The average molecular weight is 156 g/mol. The minimum absolute atomic E-state index is 0.321. The zero-order chi connectivity index (χ0) is 8.65. The largest absolute Gasteiger partial charge is 0.453 e. The third kappa shape index (κ3) is 1.28. The Kier molecular flexibility index (Phi) is 1.76. The van der Waals surface area contributed by atoms with Crippen LogP contribution in [0.1, 0.15) is 20.3 Å². The molecular weight excluding hydrogens is 144 g/mol. The van der Waals surface area contributed by atoms with E-state index in [2.05, 4.69) is 6.58 Å². The zero-order valence-electron chi connectivity index (χ0n) is 6.76. The molecule has 0 aliphatic carbocycles. The molecule has 0 radical (unpaired) electrons. The molecule has 2 unspecified atom stereocenters. The third-order valence-corrected chi connectivity index (χ3v) is 2.08. The molecule has 1 N–H and O–H groups in total. The maximum absolute atomic E-state index is 10.8. The quantitative estimate of drug-likeness (QED) is 0.447. The summed E-state index contributed by atoms with van der Waals surface area (Å²) >= 11 is 0. The van der Waals surface area contributed by atoms with Crippen LogP contribution in [0.2, 0.25) is 0 Å². The molecular formula is C8H12O3. The van der Waals surface area contributed by atoms with Crippen LogP contribution in [-0.2, 0) is 9.53 Å². The van der Waals surface area contributed by atoms with Gasteiger partial charge >= 0.3 is 5.97 Å². The minimum atomic E-state index is -0.975. The predicted octanol–water partition coefficient (Wildman–Crippen LogP) is 0.629. The number of ether oxygens (including phenoxy) is 1. The van der Waals surface area contributed by atoms with Crippen LogP contribution in [0, 0.1) is 0 Å². The van der Waals surface area contributed by atoms with E-state index in [-0.39, 0.29) is 0 Å². The number of rotatable bonds is 1. The van der Waals surface area contributed by atoms with Crippen molar-refractivity contribution in [2.45, 2.75) is 32.0 Å². The molecule has 62 valence electrons. The van der Waals surface area contributed by atoms with E-state index < -0.39 is 17.7 Å². The van der Waals surface area contributed by atoms with Crippen LogP contribution in [0.3, 0.4) is 0 Å². The standard InChI is InChI=1S/C8H12O3/c1-5(2)8(3)4-6(9)7(10)11-8/h6,9H,1,4H2,2-3H3. The Morgan fingerprint density at radius 1 is 1.91 bits per heavy atom. The van der Waals surface area contributed by atoms with E-state index in [1.807, 2.05) is 0 Å². The second-order valence-electron chi connectivity index (χ2n) is 3.15. The van der Waals surface area contributed by atoms with E-state index in [0.717, 1.165) is 5.57 Å². The molecule has 1 rings (SSSR count). The molecule has 0 amide bonds. The zero-order valence-corrected chi connectivity index (χ0v) is 6.76. The molecule has 1 saturated heterocycles. The van der Waals surface area contributed by atoms with E-state index in [0.29, 0.717) is 6.42 Å². The van der Waals surface area contributed by atoms with E-state index in [9.17, 15) is 4.79 Å². The van der Waals surface area contributed by atoms with E-state index >= 15 is 0 Å². The highest BCUT2D eigenvalue weighted by Crippen LogP contribution is 2.31. The highest BCUT2D eigenvalue weighted by molar-refractivity contribution is 5.77. The van der Waals surface area contributed by atoms with Crippen molar-refractivity contribution in [1.82, 2.24) is 0 Å². The Labute approximate surface area is 65.7 Å². The summed E-state index contributed by atoms with van der Waals surface area (Å²) in [5.74, 6) is -0.546. The molecule has 0 aromatic carbocycles. The van der Waals surface area contributed by atoms with Gasteiger partial charge in [-0.2, -0.15) is 0 Å². The Hall–Kier alpha value is -0.830. The van der Waals surface area contributed by atoms with Gasteiger partial charge in [-0.05, 0) is 19.4 Å². The fraction of sp³-hybridized carbons (Fsp3) is 0.625. The van der Waals surface area contributed by atoms with Crippen molar-refractivity contribution in [3.63, 3.8) is 0 Å². The molecule has 0 aromatic heterocycles. The SMILES string of the molecule is C=C(C)C1(C)CC(O)C(=O)O1. The van der Waals surface area contributed by atoms with Crippen LogP contribution in [0.4, 0.5) is 0 Å². The molecule has 0 bridgehead atoms.